The Balaban J connectivity index is 1.29. The van der Waals surface area contributed by atoms with E-state index in [9.17, 15) is 19.8 Å². The molecule has 4 aromatic carbocycles. The second-order valence-electron chi connectivity index (χ2n) is 9.80. The molecule has 194 valence electrons. The van der Waals surface area contributed by atoms with Gasteiger partial charge >= 0.3 is 5.69 Å². The fourth-order valence-corrected chi connectivity index (χ4v) is 5.55. The molecule has 0 amide bonds. The fraction of sp³-hybridized carbons (Fsp3) is 0.172. The Morgan fingerprint density at radius 2 is 1.72 bits per heavy atom. The summed E-state index contributed by atoms with van der Waals surface area (Å²) in [5.41, 5.74) is 0.940. The van der Waals surface area contributed by atoms with Crippen molar-refractivity contribution in [3.63, 3.8) is 0 Å². The van der Waals surface area contributed by atoms with Gasteiger partial charge in [0.25, 0.3) is 5.56 Å². The van der Waals surface area contributed by atoms with E-state index in [1.165, 1.54) is 32.4 Å². The van der Waals surface area contributed by atoms with Crippen LogP contribution in [0.1, 0.15) is 11.8 Å². The number of rotatable bonds is 4. The number of aliphatic hydroxyl groups excluding tert-OH is 2. The highest BCUT2D eigenvalue weighted by molar-refractivity contribution is 6.25. The average molecular weight is 522 g/mol. The summed E-state index contributed by atoms with van der Waals surface area (Å²) in [5.74, 6) is 0. The first-order valence-electron chi connectivity index (χ1n) is 12.5. The summed E-state index contributed by atoms with van der Waals surface area (Å²) < 4.78 is 8.37. The molecule has 7 rings (SSSR count). The maximum absolute atomic E-state index is 12.4. The number of aromatic amines is 1. The number of nitrogens with one attached hydrogen (secondary N) is 1. The molecular formula is C29H23N5O5. The van der Waals surface area contributed by atoms with E-state index in [2.05, 4.69) is 63.8 Å². The lowest BCUT2D eigenvalue weighted by atomic mass is 9.91. The van der Waals surface area contributed by atoms with E-state index in [1.54, 1.807) is 19.3 Å². The second-order valence-corrected chi connectivity index (χ2v) is 9.80. The van der Waals surface area contributed by atoms with Crippen molar-refractivity contribution in [2.75, 3.05) is 6.61 Å². The van der Waals surface area contributed by atoms with Gasteiger partial charge < -0.3 is 14.9 Å². The maximum atomic E-state index is 12.4. The highest BCUT2D eigenvalue weighted by Gasteiger charge is 2.40. The molecule has 1 aliphatic rings. The number of ether oxygens (including phenoxy) is 1. The van der Waals surface area contributed by atoms with Crippen molar-refractivity contribution in [2.24, 2.45) is 0 Å². The van der Waals surface area contributed by atoms with Crippen LogP contribution in [0.4, 0.5) is 0 Å². The molecule has 0 spiro atoms. The fourth-order valence-electron chi connectivity index (χ4n) is 5.55. The summed E-state index contributed by atoms with van der Waals surface area (Å²) in [6, 6.07) is 18.8. The molecule has 0 bridgehead atoms. The number of hydrogen-bond acceptors (Lipinski definition) is 7. The summed E-state index contributed by atoms with van der Waals surface area (Å²) >= 11 is 0. The van der Waals surface area contributed by atoms with Crippen LogP contribution >= 0.6 is 0 Å². The molecule has 10 heteroatoms. The van der Waals surface area contributed by atoms with Crippen molar-refractivity contribution in [1.29, 1.82) is 0 Å². The van der Waals surface area contributed by atoms with Crippen molar-refractivity contribution in [3.8, 4) is 11.3 Å². The minimum absolute atomic E-state index is 0.289. The van der Waals surface area contributed by atoms with Gasteiger partial charge in [-0.15, -0.1) is 5.10 Å². The Bertz CT molecular complexity index is 2020. The Kier molecular flexibility index (Phi) is 5.24. The molecule has 3 N–H and O–H groups in total. The minimum atomic E-state index is -1.27. The molecule has 1 fully saturated rings. The molecule has 0 aliphatic carbocycles. The van der Waals surface area contributed by atoms with E-state index in [1.807, 2.05) is 6.07 Å². The Morgan fingerprint density at radius 3 is 2.49 bits per heavy atom. The van der Waals surface area contributed by atoms with Crippen molar-refractivity contribution in [3.05, 3.63) is 99.0 Å². The first kappa shape index (κ1) is 23.5. The van der Waals surface area contributed by atoms with E-state index in [-0.39, 0.29) is 5.56 Å². The van der Waals surface area contributed by atoms with Crippen LogP contribution in [0.15, 0.2) is 82.2 Å². The molecular weight excluding hydrogens is 498 g/mol. The Hall–Kier alpha value is -4.64. The summed E-state index contributed by atoms with van der Waals surface area (Å²) in [5, 5.41) is 36.5. The molecule has 0 saturated carbocycles. The first-order valence-corrected chi connectivity index (χ1v) is 12.5. The Labute approximate surface area is 220 Å². The lowest BCUT2D eigenvalue weighted by Crippen LogP contribution is -2.36. The van der Waals surface area contributed by atoms with Crippen molar-refractivity contribution >= 4 is 38.5 Å². The number of aryl methyl sites for hydroxylation is 1. The number of hydrogen-bond donors (Lipinski definition) is 3. The third-order valence-electron chi connectivity index (χ3n) is 7.47. The zero-order chi connectivity index (χ0) is 26.8. The number of H-pyrrole nitrogens is 1. The van der Waals surface area contributed by atoms with Crippen molar-refractivity contribution in [2.45, 2.75) is 25.4 Å². The van der Waals surface area contributed by atoms with Crippen LogP contribution in [-0.4, -0.2) is 53.6 Å². The van der Waals surface area contributed by atoms with Crippen LogP contribution < -0.4 is 11.2 Å². The van der Waals surface area contributed by atoms with E-state index >= 15 is 0 Å². The van der Waals surface area contributed by atoms with Crippen LogP contribution in [0, 0.1) is 6.92 Å². The predicted molar refractivity (Wildman–Crippen MR) is 146 cm³/mol. The number of aliphatic hydroxyl groups is 2. The lowest BCUT2D eigenvalue weighted by Gasteiger charge is -2.17. The van der Waals surface area contributed by atoms with E-state index in [4.69, 9.17) is 4.74 Å². The molecule has 1 aliphatic heterocycles. The highest BCUT2D eigenvalue weighted by Crippen LogP contribution is 2.39. The third-order valence-corrected chi connectivity index (χ3v) is 7.47. The van der Waals surface area contributed by atoms with Gasteiger partial charge in [0, 0.05) is 29.1 Å². The van der Waals surface area contributed by atoms with Gasteiger partial charge in [-0.3, -0.25) is 14.3 Å². The molecule has 10 nitrogen and oxygen atoms in total. The molecule has 0 unspecified atom stereocenters. The van der Waals surface area contributed by atoms with Gasteiger partial charge in [0.1, 0.15) is 17.9 Å². The molecule has 3 heterocycles. The van der Waals surface area contributed by atoms with Gasteiger partial charge in [-0.1, -0.05) is 59.8 Å². The molecule has 0 radical (unpaired) electrons. The first-order chi connectivity index (χ1) is 18.9. The SMILES string of the molecule is Cc1cn([C@@H]2O[C@H](CO)/C(=C/n3cc(-c4ccc5ccc6cccc7ccc4c5c67)nn3)[C@H]2O)c(=O)[nH]c1=O. The van der Waals surface area contributed by atoms with E-state index in [0.717, 1.165) is 20.9 Å². The molecule has 3 atom stereocenters. The second kappa shape index (κ2) is 8.70. The van der Waals surface area contributed by atoms with E-state index < -0.39 is 36.3 Å². The van der Waals surface area contributed by atoms with Gasteiger partial charge in [0.05, 0.1) is 12.8 Å². The summed E-state index contributed by atoms with van der Waals surface area (Å²) in [4.78, 5) is 26.4. The average Bonchev–Trinajstić information content (AvgIpc) is 3.54. The van der Waals surface area contributed by atoms with Crippen LogP contribution in [0.2, 0.25) is 0 Å². The van der Waals surface area contributed by atoms with Crippen molar-refractivity contribution in [1.82, 2.24) is 24.5 Å². The third kappa shape index (κ3) is 3.61. The lowest BCUT2D eigenvalue weighted by molar-refractivity contribution is -0.0528. The summed E-state index contributed by atoms with van der Waals surface area (Å²) in [6.45, 7) is 1.12. The Morgan fingerprint density at radius 1 is 1.00 bits per heavy atom. The van der Waals surface area contributed by atoms with Crippen LogP contribution in [-0.2, 0) is 4.74 Å². The number of aromatic nitrogens is 5. The minimum Gasteiger partial charge on any atom is -0.393 e. The quantitative estimate of drug-likeness (QED) is 0.304. The van der Waals surface area contributed by atoms with Gasteiger partial charge in [0.15, 0.2) is 6.23 Å². The van der Waals surface area contributed by atoms with Gasteiger partial charge in [-0.05, 0) is 39.2 Å². The predicted octanol–water partition coefficient (Wildman–Crippen LogP) is 2.79. The smallest absolute Gasteiger partial charge is 0.330 e. The molecule has 39 heavy (non-hydrogen) atoms. The largest absolute Gasteiger partial charge is 0.393 e. The molecule has 6 aromatic rings. The summed E-state index contributed by atoms with van der Waals surface area (Å²) in [7, 11) is 0. The zero-order valence-electron chi connectivity index (χ0n) is 20.8. The van der Waals surface area contributed by atoms with Crippen molar-refractivity contribution < 1.29 is 14.9 Å². The maximum Gasteiger partial charge on any atom is 0.330 e. The monoisotopic (exact) mass is 521 g/mol. The normalized spacial score (nSPS) is 20.7. The van der Waals surface area contributed by atoms with Crippen LogP contribution in [0.5, 0.6) is 0 Å². The van der Waals surface area contributed by atoms with Crippen LogP contribution in [0.25, 0.3) is 49.8 Å². The van der Waals surface area contributed by atoms with Gasteiger partial charge in [-0.25, -0.2) is 9.48 Å². The topological polar surface area (TPSA) is 135 Å². The highest BCUT2D eigenvalue weighted by atomic mass is 16.5. The number of nitrogens with zero attached hydrogens (tertiary/aromatic N) is 4. The van der Waals surface area contributed by atoms with Gasteiger partial charge in [0.2, 0.25) is 0 Å². The summed E-state index contributed by atoms with van der Waals surface area (Å²) in [6.07, 6.45) is 1.33. The van der Waals surface area contributed by atoms with Crippen LogP contribution in [0.3, 0.4) is 0 Å². The molecule has 1 saturated heterocycles. The standard InChI is InChI=1S/C29H23N5O5/c1-15-11-34(29(38)30-27(15)37)28-26(36)21(23(14-35)39-28)12-33-13-22(31-32-33)19-9-7-18-6-5-16-3-2-4-17-8-10-20(19)25(18)24(16)17/h2-13,23,26,28,35-36H,14H2,1H3,(H,30,37,38)/b21-12-/t23-,26-,28-/m1/s1. The molecule has 2 aromatic heterocycles. The zero-order valence-corrected chi connectivity index (χ0v) is 20.8. The van der Waals surface area contributed by atoms with E-state index in [0.29, 0.717) is 11.3 Å². The van der Waals surface area contributed by atoms with Gasteiger partial charge in [-0.2, -0.15) is 0 Å². The number of benzene rings is 4.